The first kappa shape index (κ1) is 22.2. The SMILES string of the molecule is CN(C)CCC1N(C)C(=O)c2c(O)c(=O)ccn2N1C1c2ccccc2CCc2ccccc21. The lowest BCUT2D eigenvalue weighted by Gasteiger charge is -2.49. The quantitative estimate of drug-likeness (QED) is 0.651. The predicted molar refractivity (Wildman–Crippen MR) is 132 cm³/mol. The van der Waals surface area contributed by atoms with Crippen molar-refractivity contribution >= 4 is 5.91 Å². The maximum Gasteiger partial charge on any atom is 0.277 e. The van der Waals surface area contributed by atoms with E-state index in [-0.39, 0.29) is 23.8 Å². The minimum Gasteiger partial charge on any atom is -0.502 e. The molecule has 34 heavy (non-hydrogen) atoms. The third-order valence-corrected chi connectivity index (χ3v) is 7.04. The number of pyridine rings is 1. The fourth-order valence-electron chi connectivity index (χ4n) is 5.31. The maximum absolute atomic E-state index is 13.4. The molecule has 1 unspecified atom stereocenters. The molecular weight excluding hydrogens is 428 g/mol. The van der Waals surface area contributed by atoms with E-state index in [4.69, 9.17) is 0 Å². The molecule has 3 aromatic rings. The number of amides is 1. The smallest absolute Gasteiger partial charge is 0.277 e. The zero-order chi connectivity index (χ0) is 24.0. The van der Waals surface area contributed by atoms with Gasteiger partial charge in [-0.05, 0) is 49.2 Å². The Hall–Kier alpha value is -3.58. The molecule has 2 aliphatic rings. The van der Waals surface area contributed by atoms with Crippen LogP contribution < -0.4 is 10.4 Å². The van der Waals surface area contributed by atoms with Gasteiger partial charge in [0.2, 0.25) is 5.43 Å². The van der Waals surface area contributed by atoms with Crippen molar-refractivity contribution in [3.8, 4) is 5.75 Å². The fourth-order valence-corrected chi connectivity index (χ4v) is 5.31. The fraction of sp³-hybridized carbons (Fsp3) is 0.333. The Morgan fingerprint density at radius 1 is 0.941 bits per heavy atom. The van der Waals surface area contributed by atoms with Crippen LogP contribution >= 0.6 is 0 Å². The Morgan fingerprint density at radius 3 is 2.12 bits per heavy atom. The van der Waals surface area contributed by atoms with E-state index in [2.05, 4.69) is 58.4 Å². The zero-order valence-corrected chi connectivity index (χ0v) is 19.8. The van der Waals surface area contributed by atoms with E-state index in [1.807, 2.05) is 14.1 Å². The second kappa shape index (κ2) is 8.65. The first-order valence-electron chi connectivity index (χ1n) is 11.7. The number of fused-ring (bicyclic) bond motifs is 3. The standard InChI is InChI=1S/C27H30N4O3/c1-28(2)16-15-23-29(3)27(34)25-26(33)22(32)14-17-30(25)31(23)24-20-10-6-4-8-18(20)12-13-19-9-5-7-11-21(19)24/h4-11,14,17,23-24,33H,12-13,15-16H2,1-3H3. The molecule has 0 bridgehead atoms. The number of hydrogen-bond donors (Lipinski definition) is 1. The van der Waals surface area contributed by atoms with Gasteiger partial charge in [0.1, 0.15) is 6.17 Å². The number of carbonyl (C=O) groups is 1. The molecule has 2 heterocycles. The summed E-state index contributed by atoms with van der Waals surface area (Å²) in [5.74, 6) is -0.865. The number of rotatable bonds is 4. The average molecular weight is 459 g/mol. The lowest BCUT2D eigenvalue weighted by molar-refractivity contribution is 0.0596. The van der Waals surface area contributed by atoms with Crippen LogP contribution in [0.15, 0.2) is 65.6 Å². The molecule has 7 heteroatoms. The molecule has 176 valence electrons. The van der Waals surface area contributed by atoms with E-state index in [9.17, 15) is 14.7 Å². The third-order valence-electron chi connectivity index (χ3n) is 7.04. The Kier molecular flexibility index (Phi) is 5.65. The molecule has 2 aromatic carbocycles. The molecule has 1 aliphatic heterocycles. The minimum atomic E-state index is -0.554. The van der Waals surface area contributed by atoms with E-state index >= 15 is 0 Å². The number of hydrogen-bond acceptors (Lipinski definition) is 5. The highest BCUT2D eigenvalue weighted by Gasteiger charge is 2.42. The summed E-state index contributed by atoms with van der Waals surface area (Å²) >= 11 is 0. The van der Waals surface area contributed by atoms with Gasteiger partial charge >= 0.3 is 0 Å². The molecule has 1 N–H and O–H groups in total. The molecule has 1 aliphatic carbocycles. The molecule has 1 atom stereocenters. The molecule has 7 nitrogen and oxygen atoms in total. The summed E-state index contributed by atoms with van der Waals surface area (Å²) in [5.41, 5.74) is 4.34. The topological polar surface area (TPSA) is 69.0 Å². The van der Waals surface area contributed by atoms with Gasteiger partial charge in [0.15, 0.2) is 11.4 Å². The van der Waals surface area contributed by atoms with Gasteiger partial charge in [-0.15, -0.1) is 0 Å². The highest BCUT2D eigenvalue weighted by molar-refractivity contribution is 5.96. The van der Waals surface area contributed by atoms with E-state index in [0.29, 0.717) is 6.42 Å². The lowest BCUT2D eigenvalue weighted by Crippen LogP contribution is -2.61. The number of benzene rings is 2. The van der Waals surface area contributed by atoms with Crippen LogP contribution in [0.1, 0.15) is 45.2 Å². The molecule has 1 amide bonds. The second-order valence-electron chi connectivity index (χ2n) is 9.39. The van der Waals surface area contributed by atoms with Crippen molar-refractivity contribution in [1.82, 2.24) is 14.5 Å². The number of aryl methyl sites for hydroxylation is 2. The monoisotopic (exact) mass is 458 g/mol. The average Bonchev–Trinajstić information content (AvgIpc) is 2.99. The number of aromatic nitrogens is 1. The lowest BCUT2D eigenvalue weighted by atomic mass is 9.93. The summed E-state index contributed by atoms with van der Waals surface area (Å²) in [6, 6.07) is 18.0. The van der Waals surface area contributed by atoms with Gasteiger partial charge in [-0.3, -0.25) is 19.3 Å². The van der Waals surface area contributed by atoms with Gasteiger partial charge in [-0.1, -0.05) is 48.5 Å². The van der Waals surface area contributed by atoms with Crippen LogP contribution in [-0.2, 0) is 12.8 Å². The summed E-state index contributed by atoms with van der Waals surface area (Å²) in [5, 5.41) is 12.9. The predicted octanol–water partition coefficient (Wildman–Crippen LogP) is 2.74. The van der Waals surface area contributed by atoms with Crippen LogP contribution in [0.5, 0.6) is 5.75 Å². The van der Waals surface area contributed by atoms with Gasteiger partial charge in [0.05, 0.1) is 6.04 Å². The van der Waals surface area contributed by atoms with Crippen molar-refractivity contribution in [2.24, 2.45) is 0 Å². The number of carbonyl (C=O) groups excluding carboxylic acids is 1. The van der Waals surface area contributed by atoms with Crippen LogP contribution in [0.4, 0.5) is 0 Å². The summed E-state index contributed by atoms with van der Waals surface area (Å²) < 4.78 is 1.71. The first-order valence-corrected chi connectivity index (χ1v) is 11.7. The summed E-state index contributed by atoms with van der Waals surface area (Å²) in [7, 11) is 5.79. The summed E-state index contributed by atoms with van der Waals surface area (Å²) in [6.45, 7) is 0.774. The van der Waals surface area contributed by atoms with E-state index in [1.54, 1.807) is 22.8 Å². The van der Waals surface area contributed by atoms with Gasteiger partial charge in [-0.2, -0.15) is 0 Å². The van der Waals surface area contributed by atoms with Gasteiger partial charge in [0.25, 0.3) is 5.91 Å². The molecule has 5 rings (SSSR count). The van der Waals surface area contributed by atoms with Gasteiger partial charge in [0, 0.05) is 32.3 Å². The highest BCUT2D eigenvalue weighted by atomic mass is 16.3. The van der Waals surface area contributed by atoms with Crippen molar-refractivity contribution < 1.29 is 9.90 Å². The molecule has 1 aromatic heterocycles. The largest absolute Gasteiger partial charge is 0.502 e. The van der Waals surface area contributed by atoms with Crippen LogP contribution in [-0.4, -0.2) is 59.3 Å². The van der Waals surface area contributed by atoms with Crippen LogP contribution in [0.2, 0.25) is 0 Å². The molecule has 0 spiro atoms. The maximum atomic E-state index is 13.4. The third kappa shape index (κ3) is 3.56. The normalized spacial score (nSPS) is 17.9. The highest BCUT2D eigenvalue weighted by Crippen LogP contribution is 2.40. The molecule has 0 fully saturated rings. The Labute approximate surface area is 199 Å². The first-order chi connectivity index (χ1) is 16.4. The van der Waals surface area contributed by atoms with Crippen molar-refractivity contribution in [3.63, 3.8) is 0 Å². The van der Waals surface area contributed by atoms with E-state index in [1.165, 1.54) is 28.3 Å². The van der Waals surface area contributed by atoms with Crippen LogP contribution in [0.25, 0.3) is 0 Å². The Balaban J connectivity index is 1.80. The molecule has 0 radical (unpaired) electrons. The molecular formula is C27H30N4O3. The van der Waals surface area contributed by atoms with Gasteiger partial charge < -0.3 is 14.9 Å². The van der Waals surface area contributed by atoms with E-state index in [0.717, 1.165) is 19.4 Å². The van der Waals surface area contributed by atoms with Crippen molar-refractivity contribution in [2.45, 2.75) is 31.5 Å². The second-order valence-corrected chi connectivity index (χ2v) is 9.39. The van der Waals surface area contributed by atoms with Crippen molar-refractivity contribution in [2.75, 3.05) is 32.7 Å². The summed E-state index contributed by atoms with van der Waals surface area (Å²) in [6.07, 6.45) is 3.89. The number of aromatic hydroxyl groups is 1. The van der Waals surface area contributed by atoms with Crippen molar-refractivity contribution in [3.05, 3.63) is 99.0 Å². The summed E-state index contributed by atoms with van der Waals surface area (Å²) in [4.78, 5) is 29.5. The van der Waals surface area contributed by atoms with Crippen LogP contribution in [0.3, 0.4) is 0 Å². The minimum absolute atomic E-state index is 0.00955. The number of nitrogens with zero attached hydrogens (tertiary/aromatic N) is 4. The zero-order valence-electron chi connectivity index (χ0n) is 19.8. The van der Waals surface area contributed by atoms with Crippen molar-refractivity contribution in [1.29, 1.82) is 0 Å². The van der Waals surface area contributed by atoms with Crippen LogP contribution in [0, 0.1) is 0 Å². The Morgan fingerprint density at radius 2 is 1.53 bits per heavy atom. The van der Waals surface area contributed by atoms with Gasteiger partial charge in [-0.25, -0.2) is 0 Å². The Bertz CT molecular complexity index is 1250. The molecule has 0 saturated carbocycles. The molecule has 0 saturated heterocycles. The van der Waals surface area contributed by atoms with E-state index < -0.39 is 11.2 Å².